The molecule has 2 rings (SSSR count). The lowest BCUT2D eigenvalue weighted by Gasteiger charge is -2.32. The molecule has 0 saturated carbocycles. The lowest BCUT2D eigenvalue weighted by Crippen LogP contribution is -2.41. The maximum Gasteiger partial charge on any atom is 0.222 e. The average Bonchev–Trinajstić information content (AvgIpc) is 2.54. The van der Waals surface area contributed by atoms with Gasteiger partial charge in [-0.25, -0.2) is 0 Å². The molecule has 1 aromatic heterocycles. The molecule has 0 aliphatic carbocycles. The zero-order chi connectivity index (χ0) is 14.9. The second-order valence-electron chi connectivity index (χ2n) is 5.72. The fourth-order valence-electron chi connectivity index (χ4n) is 2.86. The highest BCUT2D eigenvalue weighted by Crippen LogP contribution is 2.18. The molecular weight excluding hydrogens is 264 g/mol. The van der Waals surface area contributed by atoms with Gasteiger partial charge in [0.1, 0.15) is 0 Å². The summed E-state index contributed by atoms with van der Waals surface area (Å²) in [5, 5.41) is 0. The van der Waals surface area contributed by atoms with Crippen LogP contribution in [0.3, 0.4) is 0 Å². The normalized spacial score (nSPS) is 18.7. The van der Waals surface area contributed by atoms with Crippen LogP contribution in [0.2, 0.25) is 0 Å². The molecule has 1 aliphatic rings. The molecular formula is C17H26N2O2. The van der Waals surface area contributed by atoms with E-state index in [0.29, 0.717) is 18.2 Å². The van der Waals surface area contributed by atoms with Crippen molar-refractivity contribution in [1.29, 1.82) is 0 Å². The first-order valence-electron chi connectivity index (χ1n) is 8.04. The fourth-order valence-corrected chi connectivity index (χ4v) is 2.86. The Morgan fingerprint density at radius 3 is 3.19 bits per heavy atom. The van der Waals surface area contributed by atoms with Crippen LogP contribution in [0.1, 0.15) is 38.2 Å². The maximum absolute atomic E-state index is 12.3. The van der Waals surface area contributed by atoms with E-state index in [1.54, 1.807) is 6.20 Å². The number of likely N-dealkylation sites (tertiary alicyclic amines) is 1. The van der Waals surface area contributed by atoms with Crippen molar-refractivity contribution in [3.63, 3.8) is 0 Å². The summed E-state index contributed by atoms with van der Waals surface area (Å²) in [6.07, 6.45) is 8.40. The molecule has 0 N–H and O–H groups in total. The van der Waals surface area contributed by atoms with E-state index in [1.807, 2.05) is 24.1 Å². The summed E-state index contributed by atoms with van der Waals surface area (Å²) >= 11 is 0. The van der Waals surface area contributed by atoms with E-state index in [0.717, 1.165) is 45.6 Å². The first-order chi connectivity index (χ1) is 10.3. The molecule has 0 aromatic carbocycles. The monoisotopic (exact) mass is 290 g/mol. The van der Waals surface area contributed by atoms with Gasteiger partial charge < -0.3 is 9.64 Å². The third-order valence-corrected chi connectivity index (χ3v) is 4.01. The Bertz CT molecular complexity index is 422. The molecule has 1 amide bonds. The Morgan fingerprint density at radius 1 is 1.52 bits per heavy atom. The highest BCUT2D eigenvalue weighted by molar-refractivity contribution is 5.76. The molecule has 0 spiro atoms. The van der Waals surface area contributed by atoms with E-state index >= 15 is 0 Å². The molecule has 4 nitrogen and oxygen atoms in total. The number of aryl methyl sites for hydroxylation is 1. The van der Waals surface area contributed by atoms with Gasteiger partial charge in [-0.15, -0.1) is 0 Å². The number of rotatable bonds is 7. The summed E-state index contributed by atoms with van der Waals surface area (Å²) in [5.74, 6) is 0.807. The highest BCUT2D eigenvalue weighted by Gasteiger charge is 2.23. The number of aromatic nitrogens is 1. The Labute approximate surface area is 127 Å². The van der Waals surface area contributed by atoms with Crippen LogP contribution in [-0.4, -0.2) is 42.1 Å². The minimum absolute atomic E-state index is 0.292. The average molecular weight is 290 g/mol. The number of piperidine rings is 1. The van der Waals surface area contributed by atoms with Crippen molar-refractivity contribution in [2.24, 2.45) is 5.92 Å². The fraction of sp³-hybridized carbons (Fsp3) is 0.647. The van der Waals surface area contributed by atoms with E-state index in [4.69, 9.17) is 4.74 Å². The van der Waals surface area contributed by atoms with Gasteiger partial charge >= 0.3 is 0 Å². The lowest BCUT2D eigenvalue weighted by atomic mass is 9.98. The van der Waals surface area contributed by atoms with Gasteiger partial charge in [-0.1, -0.05) is 6.07 Å². The zero-order valence-electron chi connectivity index (χ0n) is 13.0. The van der Waals surface area contributed by atoms with Crippen LogP contribution in [0, 0.1) is 5.92 Å². The van der Waals surface area contributed by atoms with E-state index in [1.165, 1.54) is 12.0 Å². The van der Waals surface area contributed by atoms with Crippen molar-refractivity contribution in [3.05, 3.63) is 30.1 Å². The minimum Gasteiger partial charge on any atom is -0.381 e. The molecule has 1 fully saturated rings. The summed E-state index contributed by atoms with van der Waals surface area (Å²) in [6, 6.07) is 4.01. The topological polar surface area (TPSA) is 42.4 Å². The molecule has 4 heteroatoms. The van der Waals surface area contributed by atoms with Crippen LogP contribution in [-0.2, 0) is 16.0 Å². The third-order valence-electron chi connectivity index (χ3n) is 4.01. The number of carbonyl (C=O) groups is 1. The van der Waals surface area contributed by atoms with Crippen LogP contribution >= 0.6 is 0 Å². The van der Waals surface area contributed by atoms with Crippen LogP contribution in [0.15, 0.2) is 24.5 Å². The number of hydrogen-bond acceptors (Lipinski definition) is 3. The lowest BCUT2D eigenvalue weighted by molar-refractivity contribution is -0.133. The minimum atomic E-state index is 0.292. The molecule has 2 heterocycles. The smallest absolute Gasteiger partial charge is 0.222 e. The molecule has 0 radical (unpaired) electrons. The van der Waals surface area contributed by atoms with Crippen LogP contribution in [0.5, 0.6) is 0 Å². The molecule has 0 bridgehead atoms. The second kappa shape index (κ2) is 8.78. The van der Waals surface area contributed by atoms with Gasteiger partial charge in [0.15, 0.2) is 0 Å². The van der Waals surface area contributed by atoms with Crippen molar-refractivity contribution < 1.29 is 9.53 Å². The Balaban J connectivity index is 1.70. The standard InChI is InChI=1S/C17H26N2O2/c1-2-21-14-16-8-5-11-19(13-16)17(20)9-3-6-15-7-4-10-18-12-15/h4,7,10,12,16H,2-3,5-6,8-9,11,13-14H2,1H3. The van der Waals surface area contributed by atoms with Gasteiger partial charge in [0.2, 0.25) is 5.91 Å². The summed E-state index contributed by atoms with van der Waals surface area (Å²) in [7, 11) is 0. The second-order valence-corrected chi connectivity index (χ2v) is 5.72. The van der Waals surface area contributed by atoms with Crippen LogP contribution < -0.4 is 0 Å². The molecule has 1 saturated heterocycles. The first kappa shape index (κ1) is 16.0. The van der Waals surface area contributed by atoms with Gasteiger partial charge in [-0.2, -0.15) is 0 Å². The summed E-state index contributed by atoms with van der Waals surface area (Å²) in [4.78, 5) is 18.4. The largest absolute Gasteiger partial charge is 0.381 e. The number of ether oxygens (including phenoxy) is 1. The number of pyridine rings is 1. The van der Waals surface area contributed by atoms with Crippen molar-refractivity contribution in [3.8, 4) is 0 Å². The van der Waals surface area contributed by atoms with Crippen LogP contribution in [0.25, 0.3) is 0 Å². The highest BCUT2D eigenvalue weighted by atomic mass is 16.5. The molecule has 116 valence electrons. The number of nitrogens with zero attached hydrogens (tertiary/aromatic N) is 2. The summed E-state index contributed by atoms with van der Waals surface area (Å²) in [5.41, 5.74) is 1.21. The third kappa shape index (κ3) is 5.46. The van der Waals surface area contributed by atoms with E-state index in [9.17, 15) is 4.79 Å². The summed E-state index contributed by atoms with van der Waals surface area (Å²) in [6.45, 7) is 5.34. The SMILES string of the molecule is CCOCC1CCCN(C(=O)CCCc2cccnc2)C1. The first-order valence-corrected chi connectivity index (χ1v) is 8.04. The van der Waals surface area contributed by atoms with E-state index in [-0.39, 0.29) is 0 Å². The van der Waals surface area contributed by atoms with E-state index < -0.39 is 0 Å². The van der Waals surface area contributed by atoms with Crippen molar-refractivity contribution in [2.45, 2.75) is 39.0 Å². The molecule has 1 aliphatic heterocycles. The summed E-state index contributed by atoms with van der Waals surface area (Å²) < 4.78 is 5.50. The van der Waals surface area contributed by atoms with Gasteiger partial charge in [0.05, 0.1) is 6.61 Å². The van der Waals surface area contributed by atoms with Crippen molar-refractivity contribution in [2.75, 3.05) is 26.3 Å². The maximum atomic E-state index is 12.3. The van der Waals surface area contributed by atoms with Gasteiger partial charge in [0, 0.05) is 38.5 Å². The van der Waals surface area contributed by atoms with Crippen molar-refractivity contribution in [1.82, 2.24) is 9.88 Å². The predicted octanol–water partition coefficient (Wildman–Crippen LogP) is 2.68. The van der Waals surface area contributed by atoms with Gasteiger partial charge in [-0.05, 0) is 50.2 Å². The quantitative estimate of drug-likeness (QED) is 0.775. The van der Waals surface area contributed by atoms with Crippen molar-refractivity contribution >= 4 is 5.91 Å². The number of amides is 1. The predicted molar refractivity (Wildman–Crippen MR) is 83.0 cm³/mol. The Morgan fingerprint density at radius 2 is 2.43 bits per heavy atom. The molecule has 1 unspecified atom stereocenters. The molecule has 1 atom stereocenters. The van der Waals surface area contributed by atoms with E-state index in [2.05, 4.69) is 11.1 Å². The number of hydrogen-bond donors (Lipinski definition) is 0. The van der Waals surface area contributed by atoms with Gasteiger partial charge in [0.25, 0.3) is 0 Å². The Hall–Kier alpha value is -1.42. The van der Waals surface area contributed by atoms with Gasteiger partial charge in [-0.3, -0.25) is 9.78 Å². The number of carbonyl (C=O) groups excluding carboxylic acids is 1. The zero-order valence-corrected chi connectivity index (χ0v) is 13.0. The van der Waals surface area contributed by atoms with Crippen LogP contribution in [0.4, 0.5) is 0 Å². The molecule has 1 aromatic rings. The molecule has 21 heavy (non-hydrogen) atoms. The Kier molecular flexibility index (Phi) is 6.67.